The van der Waals surface area contributed by atoms with Gasteiger partial charge in [-0.05, 0) is 29.5 Å². The van der Waals surface area contributed by atoms with Gasteiger partial charge >= 0.3 is 0 Å². The van der Waals surface area contributed by atoms with Crippen molar-refractivity contribution in [3.8, 4) is 6.07 Å². The van der Waals surface area contributed by atoms with Crippen LogP contribution in [0.25, 0.3) is 0 Å². The molecule has 0 bridgehead atoms. The minimum Gasteiger partial charge on any atom is -0.212 e. The number of benzene rings is 1. The summed E-state index contributed by atoms with van der Waals surface area (Å²) in [7, 11) is -3.68. The van der Waals surface area contributed by atoms with Gasteiger partial charge in [-0.3, -0.25) is 0 Å². The lowest BCUT2D eigenvalue weighted by molar-refractivity contribution is 0.464. The van der Waals surface area contributed by atoms with Crippen LogP contribution in [0.3, 0.4) is 0 Å². The van der Waals surface area contributed by atoms with Gasteiger partial charge in [0.15, 0.2) is 0 Å². The molecule has 1 rings (SSSR count). The summed E-state index contributed by atoms with van der Waals surface area (Å²) in [6.07, 6.45) is 0. The van der Waals surface area contributed by atoms with Crippen LogP contribution in [0.5, 0.6) is 0 Å². The third kappa shape index (κ3) is 6.22. The predicted molar refractivity (Wildman–Crippen MR) is 84.2 cm³/mol. The number of thioether (sulfide) groups is 1. The van der Waals surface area contributed by atoms with Gasteiger partial charge in [-0.25, -0.2) is 12.8 Å². The second kappa shape index (κ2) is 8.59. The molecule has 0 fully saturated rings. The van der Waals surface area contributed by atoms with E-state index in [1.165, 1.54) is 6.07 Å². The van der Waals surface area contributed by atoms with E-state index >= 15 is 0 Å². The van der Waals surface area contributed by atoms with Gasteiger partial charge in [-0.2, -0.15) is 21.3 Å². The molecule has 0 heterocycles. The number of hydrogen-bond acceptors (Lipinski definition) is 4. The van der Waals surface area contributed by atoms with Crippen molar-refractivity contribution in [1.82, 2.24) is 4.31 Å². The van der Waals surface area contributed by atoms with E-state index in [-0.39, 0.29) is 29.4 Å². The van der Waals surface area contributed by atoms with Crippen molar-refractivity contribution in [2.45, 2.75) is 12.7 Å². The van der Waals surface area contributed by atoms with Crippen LogP contribution in [0.1, 0.15) is 12.5 Å². The molecule has 0 saturated heterocycles. The van der Waals surface area contributed by atoms with Gasteiger partial charge in [0.25, 0.3) is 0 Å². The molecule has 0 saturated carbocycles. The second-order valence-electron chi connectivity index (χ2n) is 4.22. The zero-order valence-corrected chi connectivity index (χ0v) is 13.9. The highest BCUT2D eigenvalue weighted by atomic mass is 35.5. The average molecular weight is 351 g/mol. The molecule has 8 heteroatoms. The van der Waals surface area contributed by atoms with Crippen molar-refractivity contribution < 1.29 is 12.8 Å². The van der Waals surface area contributed by atoms with E-state index in [0.717, 1.165) is 22.2 Å². The summed E-state index contributed by atoms with van der Waals surface area (Å²) in [6, 6.07) is 5.50. The topological polar surface area (TPSA) is 61.2 Å². The van der Waals surface area contributed by atoms with Crippen LogP contribution in [0, 0.1) is 17.1 Å². The highest BCUT2D eigenvalue weighted by Gasteiger charge is 2.22. The molecule has 0 aliphatic carbocycles. The van der Waals surface area contributed by atoms with Crippen molar-refractivity contribution >= 4 is 33.4 Å². The van der Waals surface area contributed by atoms with Crippen LogP contribution in [-0.4, -0.2) is 37.3 Å². The minimum absolute atomic E-state index is 0.147. The van der Waals surface area contributed by atoms with Crippen LogP contribution in [0.2, 0.25) is 5.02 Å². The Kier molecular flexibility index (Phi) is 7.46. The number of nitrogens with zero attached hydrogens (tertiary/aromatic N) is 2. The van der Waals surface area contributed by atoms with Crippen molar-refractivity contribution in [2.75, 3.05) is 24.6 Å². The number of halogens is 2. The van der Waals surface area contributed by atoms with Crippen LogP contribution in [-0.2, 0) is 15.8 Å². The molecule has 0 amide bonds. The standard InChI is InChI=1S/C13H16ClFN2O2S2/c1-2-20-6-5-17(4-3-16)21(18,19)10-11-7-12(14)9-13(15)8-11/h7-9H,2,4-6,10H2,1H3. The van der Waals surface area contributed by atoms with E-state index in [1.54, 1.807) is 11.8 Å². The third-order valence-corrected chi connectivity index (χ3v) is 5.50. The molecule has 1 aromatic rings. The Morgan fingerprint density at radius 3 is 2.71 bits per heavy atom. The normalized spacial score (nSPS) is 11.6. The summed E-state index contributed by atoms with van der Waals surface area (Å²) in [5, 5.41) is 8.91. The smallest absolute Gasteiger partial charge is 0.212 e. The molecule has 0 atom stereocenters. The Balaban J connectivity index is 2.87. The van der Waals surface area contributed by atoms with Gasteiger partial charge in [-0.1, -0.05) is 18.5 Å². The fourth-order valence-electron chi connectivity index (χ4n) is 1.70. The lowest BCUT2D eigenvalue weighted by Gasteiger charge is -2.19. The van der Waals surface area contributed by atoms with Gasteiger partial charge in [0.05, 0.1) is 11.8 Å². The van der Waals surface area contributed by atoms with Gasteiger partial charge in [0.2, 0.25) is 10.0 Å². The van der Waals surface area contributed by atoms with Crippen molar-refractivity contribution in [1.29, 1.82) is 5.26 Å². The lowest BCUT2D eigenvalue weighted by Crippen LogP contribution is -2.34. The van der Waals surface area contributed by atoms with E-state index in [4.69, 9.17) is 16.9 Å². The average Bonchev–Trinajstić information content (AvgIpc) is 2.36. The molecule has 116 valence electrons. The number of nitriles is 1. The van der Waals surface area contributed by atoms with E-state index in [2.05, 4.69) is 0 Å². The molecule has 0 unspecified atom stereocenters. The molecule has 0 spiro atoms. The quantitative estimate of drug-likeness (QED) is 0.534. The van der Waals surface area contributed by atoms with Crippen molar-refractivity contribution in [2.24, 2.45) is 0 Å². The van der Waals surface area contributed by atoms with Gasteiger partial charge in [0.1, 0.15) is 12.4 Å². The fourth-order valence-corrected chi connectivity index (χ4v) is 4.09. The lowest BCUT2D eigenvalue weighted by atomic mass is 10.2. The Morgan fingerprint density at radius 2 is 2.14 bits per heavy atom. The van der Waals surface area contributed by atoms with Crippen LogP contribution < -0.4 is 0 Å². The van der Waals surface area contributed by atoms with E-state index in [1.807, 2.05) is 13.0 Å². The maximum atomic E-state index is 13.3. The van der Waals surface area contributed by atoms with Crippen LogP contribution in [0.15, 0.2) is 18.2 Å². The molecule has 4 nitrogen and oxygen atoms in total. The Hall–Kier alpha value is -0.810. The van der Waals surface area contributed by atoms with Gasteiger partial charge in [0, 0.05) is 17.3 Å². The van der Waals surface area contributed by atoms with E-state index in [0.29, 0.717) is 5.75 Å². The summed E-state index contributed by atoms with van der Waals surface area (Å²) in [4.78, 5) is 0. The third-order valence-electron chi connectivity index (χ3n) is 2.60. The first-order valence-electron chi connectivity index (χ1n) is 6.26. The van der Waals surface area contributed by atoms with E-state index in [9.17, 15) is 12.8 Å². The maximum Gasteiger partial charge on any atom is 0.219 e. The monoisotopic (exact) mass is 350 g/mol. The van der Waals surface area contributed by atoms with Crippen LogP contribution >= 0.6 is 23.4 Å². The zero-order valence-electron chi connectivity index (χ0n) is 11.6. The number of rotatable bonds is 8. The van der Waals surface area contributed by atoms with Gasteiger partial charge < -0.3 is 0 Å². The summed E-state index contributed by atoms with van der Waals surface area (Å²) in [6.45, 7) is 2.02. The first-order valence-corrected chi connectivity index (χ1v) is 9.40. The zero-order chi connectivity index (χ0) is 15.9. The SMILES string of the molecule is CCSCCN(CC#N)S(=O)(=O)Cc1cc(F)cc(Cl)c1. The molecule has 0 radical (unpaired) electrons. The fraction of sp³-hybridized carbons (Fsp3) is 0.462. The Bertz CT molecular complexity index is 597. The molecule has 0 N–H and O–H groups in total. The maximum absolute atomic E-state index is 13.3. The number of hydrogen-bond donors (Lipinski definition) is 0. The number of sulfonamides is 1. The highest BCUT2D eigenvalue weighted by molar-refractivity contribution is 7.99. The predicted octanol–water partition coefficient (Wildman–Crippen LogP) is 2.89. The van der Waals surface area contributed by atoms with Gasteiger partial charge in [-0.15, -0.1) is 0 Å². The molecular weight excluding hydrogens is 335 g/mol. The van der Waals surface area contributed by atoms with Crippen LogP contribution in [0.4, 0.5) is 4.39 Å². The minimum atomic E-state index is -3.68. The second-order valence-corrected chi connectivity index (χ2v) is 8.02. The molecule has 0 aromatic heterocycles. The summed E-state index contributed by atoms with van der Waals surface area (Å²) in [5.74, 6) is 0.533. The molecule has 1 aromatic carbocycles. The molecule has 21 heavy (non-hydrogen) atoms. The Labute approximate surface area is 133 Å². The Morgan fingerprint density at radius 1 is 1.43 bits per heavy atom. The molecular formula is C13H16ClFN2O2S2. The summed E-state index contributed by atoms with van der Waals surface area (Å²) < 4.78 is 39.0. The summed E-state index contributed by atoms with van der Waals surface area (Å²) in [5.41, 5.74) is 0.270. The first-order chi connectivity index (χ1) is 9.89. The van der Waals surface area contributed by atoms with Crippen molar-refractivity contribution in [3.05, 3.63) is 34.6 Å². The first kappa shape index (κ1) is 18.2. The molecule has 0 aliphatic rings. The highest BCUT2D eigenvalue weighted by Crippen LogP contribution is 2.18. The van der Waals surface area contributed by atoms with E-state index < -0.39 is 15.8 Å². The molecule has 0 aliphatic heterocycles. The summed E-state index contributed by atoms with van der Waals surface area (Å²) >= 11 is 7.31. The largest absolute Gasteiger partial charge is 0.219 e. The van der Waals surface area contributed by atoms with Crippen molar-refractivity contribution in [3.63, 3.8) is 0 Å².